The van der Waals surface area contributed by atoms with E-state index in [1.165, 1.54) is 17.6 Å². The Bertz CT molecular complexity index is 521. The fraction of sp³-hybridized carbons (Fsp3) is 0.400. The molecule has 1 aromatic rings. The molecule has 0 unspecified atom stereocenters. The minimum atomic E-state index is -0.963. The Morgan fingerprint density at radius 1 is 1.50 bits per heavy atom. The maximum atomic E-state index is 10.9. The van der Waals surface area contributed by atoms with Gasteiger partial charge in [0.15, 0.2) is 0 Å². The van der Waals surface area contributed by atoms with E-state index in [9.17, 15) is 15.0 Å². The second-order valence-corrected chi connectivity index (χ2v) is 5.84. The molecule has 0 aliphatic carbocycles. The van der Waals surface area contributed by atoms with Crippen molar-refractivity contribution < 1.29 is 25.0 Å². The summed E-state index contributed by atoms with van der Waals surface area (Å²) in [7, 11) is 0. The van der Waals surface area contributed by atoms with Gasteiger partial charge in [-0.1, -0.05) is 6.08 Å². The van der Waals surface area contributed by atoms with Crippen LogP contribution < -0.4 is 5.48 Å². The van der Waals surface area contributed by atoms with Crippen molar-refractivity contribution in [2.75, 3.05) is 6.61 Å². The van der Waals surface area contributed by atoms with Gasteiger partial charge in [0.25, 0.3) is 5.91 Å². The highest BCUT2D eigenvalue weighted by atomic mass is 127. The number of phenols is 1. The number of hydrogen-bond donors (Lipinski definition) is 4. The number of benzene rings is 1. The molecule has 0 radical (unpaired) electrons. The smallest absolute Gasteiger partial charge is 0.267 e. The van der Waals surface area contributed by atoms with E-state index in [1.54, 1.807) is 18.2 Å². The highest BCUT2D eigenvalue weighted by molar-refractivity contribution is 14.1. The highest BCUT2D eigenvalue weighted by Crippen LogP contribution is 2.31. The van der Waals surface area contributed by atoms with Gasteiger partial charge in [0.1, 0.15) is 11.9 Å². The molecule has 4 N–H and O–H groups in total. The van der Waals surface area contributed by atoms with Crippen molar-refractivity contribution in [3.8, 4) is 5.75 Å². The number of aliphatic hydroxyl groups excluding tert-OH is 1. The number of ether oxygens (including phenoxy) is 1. The lowest BCUT2D eigenvalue weighted by Crippen LogP contribution is -2.22. The van der Waals surface area contributed by atoms with Crippen LogP contribution in [0.4, 0.5) is 0 Å². The fourth-order valence-electron chi connectivity index (χ4n) is 2.00. The summed E-state index contributed by atoms with van der Waals surface area (Å²) in [6.07, 6.45) is 2.28. The molecule has 0 aliphatic heterocycles. The van der Waals surface area contributed by atoms with E-state index in [0.717, 1.165) is 3.57 Å². The summed E-state index contributed by atoms with van der Waals surface area (Å²) in [5.41, 5.74) is 1.92. The molecule has 22 heavy (non-hydrogen) atoms. The lowest BCUT2D eigenvalue weighted by Gasteiger charge is -2.23. The van der Waals surface area contributed by atoms with Crippen molar-refractivity contribution >= 4 is 28.5 Å². The van der Waals surface area contributed by atoms with Gasteiger partial charge < -0.3 is 14.9 Å². The van der Waals surface area contributed by atoms with Crippen molar-refractivity contribution in [3.63, 3.8) is 0 Å². The molecule has 1 amide bonds. The Balaban J connectivity index is 2.74. The van der Waals surface area contributed by atoms with Gasteiger partial charge in [-0.25, -0.2) is 5.48 Å². The minimum Gasteiger partial charge on any atom is -0.508 e. The maximum Gasteiger partial charge on any atom is 0.267 e. The average molecular weight is 421 g/mol. The van der Waals surface area contributed by atoms with E-state index >= 15 is 0 Å². The van der Waals surface area contributed by atoms with Crippen LogP contribution in [0.15, 0.2) is 30.4 Å². The number of carbonyl (C=O) groups excluding carboxylic acids is 1. The first-order valence-electron chi connectivity index (χ1n) is 6.88. The fourth-order valence-corrected chi connectivity index (χ4v) is 2.51. The largest absolute Gasteiger partial charge is 0.508 e. The number of amides is 1. The first-order valence-corrected chi connectivity index (χ1v) is 7.96. The molecule has 0 saturated carbocycles. The molecule has 6 nitrogen and oxygen atoms in total. The summed E-state index contributed by atoms with van der Waals surface area (Å²) in [5.74, 6) is -0.586. The topological polar surface area (TPSA) is 99.0 Å². The second-order valence-electron chi connectivity index (χ2n) is 4.60. The molecule has 0 spiro atoms. The Kier molecular flexibility index (Phi) is 8.39. The van der Waals surface area contributed by atoms with Gasteiger partial charge in [0.05, 0.1) is 6.10 Å². The molecular formula is C15H20INO5. The predicted octanol–water partition coefficient (Wildman–Crippen LogP) is 2.28. The number of carbonyl (C=O) groups is 1. The maximum absolute atomic E-state index is 10.9. The van der Waals surface area contributed by atoms with E-state index < -0.39 is 18.1 Å². The molecule has 0 saturated heterocycles. The summed E-state index contributed by atoms with van der Waals surface area (Å²) < 4.78 is 6.44. The first-order chi connectivity index (χ1) is 10.5. The molecule has 1 aromatic carbocycles. The number of aromatic hydroxyl groups is 1. The van der Waals surface area contributed by atoms with Crippen molar-refractivity contribution in [1.29, 1.82) is 0 Å². The van der Waals surface area contributed by atoms with E-state index in [0.29, 0.717) is 25.0 Å². The summed E-state index contributed by atoms with van der Waals surface area (Å²) in [4.78, 5) is 10.9. The zero-order chi connectivity index (χ0) is 16.5. The standard InChI is InChI=1S/C15H20INO5/c1-2-22-13(5-3-4-6-14(19)17-21)15(20)11-9-10(16)7-8-12(11)18/h4,6-9,13,15,18,20-21H,2-3,5H2,1H3,(H,17,19)/b6-4+/t13-,15-/m0/s1. The molecule has 0 heterocycles. The van der Waals surface area contributed by atoms with E-state index in [2.05, 4.69) is 22.6 Å². The third-order valence-corrected chi connectivity index (χ3v) is 3.71. The van der Waals surface area contributed by atoms with Gasteiger partial charge in [-0.3, -0.25) is 10.0 Å². The van der Waals surface area contributed by atoms with Crippen LogP contribution in [0.1, 0.15) is 31.4 Å². The number of rotatable bonds is 8. The van der Waals surface area contributed by atoms with Gasteiger partial charge in [-0.05, 0) is 60.6 Å². The van der Waals surface area contributed by atoms with Crippen molar-refractivity contribution in [2.24, 2.45) is 0 Å². The van der Waals surface area contributed by atoms with E-state index in [-0.39, 0.29) is 5.75 Å². The summed E-state index contributed by atoms with van der Waals surface area (Å²) >= 11 is 2.10. The van der Waals surface area contributed by atoms with Gasteiger partial charge >= 0.3 is 0 Å². The third-order valence-electron chi connectivity index (χ3n) is 3.04. The number of halogens is 1. The minimum absolute atomic E-state index is 0.0211. The van der Waals surface area contributed by atoms with Crippen LogP contribution in [-0.4, -0.2) is 34.0 Å². The Hall–Kier alpha value is -1.16. The average Bonchev–Trinajstić information content (AvgIpc) is 2.51. The zero-order valence-corrected chi connectivity index (χ0v) is 14.4. The molecule has 7 heteroatoms. The third kappa shape index (κ3) is 5.91. The zero-order valence-electron chi connectivity index (χ0n) is 12.2. The molecule has 0 fully saturated rings. The first kappa shape index (κ1) is 18.9. The van der Waals surface area contributed by atoms with Crippen LogP contribution in [0.5, 0.6) is 5.75 Å². The number of nitrogens with one attached hydrogen (secondary N) is 1. The van der Waals surface area contributed by atoms with Crippen LogP contribution in [0.2, 0.25) is 0 Å². The summed E-state index contributed by atoms with van der Waals surface area (Å²) in [6.45, 7) is 2.25. The molecule has 0 aromatic heterocycles. The van der Waals surface area contributed by atoms with Gasteiger partial charge in [0.2, 0.25) is 0 Å². The van der Waals surface area contributed by atoms with E-state index in [1.807, 2.05) is 6.92 Å². The molecule has 122 valence electrons. The number of hydrogen-bond acceptors (Lipinski definition) is 5. The van der Waals surface area contributed by atoms with Crippen molar-refractivity contribution in [1.82, 2.24) is 5.48 Å². The normalized spacial score (nSPS) is 14.0. The quantitative estimate of drug-likeness (QED) is 0.224. The molecule has 2 atom stereocenters. The van der Waals surface area contributed by atoms with Crippen LogP contribution in [0, 0.1) is 3.57 Å². The van der Waals surface area contributed by atoms with Gasteiger partial charge in [-0.2, -0.15) is 0 Å². The summed E-state index contributed by atoms with van der Waals surface area (Å²) in [5, 5.41) is 28.7. The number of hydroxylamine groups is 1. The lowest BCUT2D eigenvalue weighted by atomic mass is 9.99. The van der Waals surface area contributed by atoms with Crippen LogP contribution in [-0.2, 0) is 9.53 Å². The molecular weight excluding hydrogens is 401 g/mol. The summed E-state index contributed by atoms with van der Waals surface area (Å²) in [6, 6.07) is 4.99. The van der Waals surface area contributed by atoms with Crippen molar-refractivity contribution in [3.05, 3.63) is 39.5 Å². The molecule has 0 bridgehead atoms. The number of allylic oxidation sites excluding steroid dienone is 1. The van der Waals surface area contributed by atoms with Crippen LogP contribution in [0.3, 0.4) is 0 Å². The lowest BCUT2D eigenvalue weighted by molar-refractivity contribution is -0.124. The second kappa shape index (κ2) is 9.78. The highest BCUT2D eigenvalue weighted by Gasteiger charge is 2.23. The van der Waals surface area contributed by atoms with Crippen LogP contribution in [0.25, 0.3) is 0 Å². The van der Waals surface area contributed by atoms with Crippen LogP contribution >= 0.6 is 22.6 Å². The number of aliphatic hydroxyl groups is 1. The van der Waals surface area contributed by atoms with Gasteiger partial charge in [-0.15, -0.1) is 0 Å². The Morgan fingerprint density at radius 3 is 2.86 bits per heavy atom. The monoisotopic (exact) mass is 421 g/mol. The number of phenolic OH excluding ortho intramolecular Hbond substituents is 1. The van der Waals surface area contributed by atoms with E-state index in [4.69, 9.17) is 9.94 Å². The predicted molar refractivity (Wildman–Crippen MR) is 89.5 cm³/mol. The van der Waals surface area contributed by atoms with Gasteiger partial charge in [0, 0.05) is 21.8 Å². The Labute approximate surface area is 142 Å². The molecule has 0 aliphatic rings. The SMILES string of the molecule is CCO[C@@H](CC/C=C/C(=O)NO)[C@@H](O)c1cc(I)ccc1O. The Morgan fingerprint density at radius 2 is 2.23 bits per heavy atom. The molecule has 1 rings (SSSR count). The van der Waals surface area contributed by atoms with Crippen molar-refractivity contribution in [2.45, 2.75) is 32.0 Å².